The zero-order valence-corrected chi connectivity index (χ0v) is 8.70. The molecule has 1 fully saturated rings. The second kappa shape index (κ2) is 5.35. The average molecular weight is 184 g/mol. The van der Waals surface area contributed by atoms with Crippen LogP contribution in [0.3, 0.4) is 0 Å². The predicted molar refractivity (Wildman–Crippen MR) is 53.8 cm³/mol. The third-order valence-electron chi connectivity index (χ3n) is 2.69. The summed E-state index contributed by atoms with van der Waals surface area (Å²) in [7, 11) is 0. The molecule has 0 bridgehead atoms. The van der Waals surface area contributed by atoms with Gasteiger partial charge in [-0.05, 0) is 6.54 Å². The number of rotatable bonds is 4. The zero-order valence-electron chi connectivity index (χ0n) is 8.70. The number of nitrogens with zero attached hydrogens (tertiary/aromatic N) is 2. The summed E-state index contributed by atoms with van der Waals surface area (Å²) in [6.45, 7) is 10.8. The lowest BCUT2D eigenvalue weighted by molar-refractivity contribution is -0.111. The van der Waals surface area contributed by atoms with Gasteiger partial charge in [-0.1, -0.05) is 13.8 Å². The highest BCUT2D eigenvalue weighted by Gasteiger charge is 2.16. The van der Waals surface area contributed by atoms with Gasteiger partial charge < -0.3 is 14.6 Å². The normalized spacial score (nSPS) is 22.9. The molecule has 0 aromatic rings. The van der Waals surface area contributed by atoms with Gasteiger partial charge in [0.1, 0.15) is 6.29 Å². The Morgan fingerprint density at radius 2 is 1.77 bits per heavy atom. The molecule has 1 rings (SSSR count). The quantitative estimate of drug-likeness (QED) is 0.593. The second-order valence-corrected chi connectivity index (χ2v) is 3.85. The molecule has 1 aliphatic rings. The lowest BCUT2D eigenvalue weighted by atomic mass is 10.2. The van der Waals surface area contributed by atoms with Gasteiger partial charge in [0.05, 0.1) is 0 Å². The summed E-state index contributed by atoms with van der Waals surface area (Å²) in [5, 5.41) is 0. The molecule has 0 N–H and O–H groups in total. The Bertz CT molecular complexity index is 153. The molecule has 1 aliphatic heterocycles. The Labute approximate surface area is 80.7 Å². The minimum Gasteiger partial charge on any atom is -0.303 e. The van der Waals surface area contributed by atoms with Crippen molar-refractivity contribution in [1.29, 1.82) is 0 Å². The van der Waals surface area contributed by atoms with Gasteiger partial charge in [-0.3, -0.25) is 0 Å². The Hall–Kier alpha value is -0.410. The highest BCUT2D eigenvalue weighted by atomic mass is 16.1. The van der Waals surface area contributed by atoms with Gasteiger partial charge in [-0.15, -0.1) is 0 Å². The molecule has 1 saturated heterocycles. The van der Waals surface area contributed by atoms with E-state index in [0.717, 1.165) is 45.6 Å². The Balaban J connectivity index is 2.21. The van der Waals surface area contributed by atoms with Crippen LogP contribution in [-0.4, -0.2) is 55.4 Å². The number of hydrogen-bond acceptors (Lipinski definition) is 3. The maximum atomic E-state index is 10.5. The predicted octanol–water partition coefficient (Wildman–Crippen LogP) is 0.459. The van der Waals surface area contributed by atoms with Crippen LogP contribution in [0.2, 0.25) is 0 Å². The van der Waals surface area contributed by atoms with Gasteiger partial charge >= 0.3 is 0 Å². The third-order valence-corrected chi connectivity index (χ3v) is 2.69. The third kappa shape index (κ3) is 3.44. The highest BCUT2D eigenvalue weighted by molar-refractivity contribution is 5.52. The van der Waals surface area contributed by atoms with Crippen molar-refractivity contribution in [2.45, 2.75) is 13.8 Å². The first-order valence-corrected chi connectivity index (χ1v) is 5.16. The van der Waals surface area contributed by atoms with E-state index in [1.807, 2.05) is 6.92 Å². The summed E-state index contributed by atoms with van der Waals surface area (Å²) < 4.78 is 0. The van der Waals surface area contributed by atoms with E-state index in [1.54, 1.807) is 0 Å². The number of aldehydes is 1. The number of carbonyl (C=O) groups excluding carboxylic acids is 1. The van der Waals surface area contributed by atoms with E-state index in [-0.39, 0.29) is 5.92 Å². The molecule has 1 atom stereocenters. The van der Waals surface area contributed by atoms with Crippen molar-refractivity contribution in [3.8, 4) is 0 Å². The number of carbonyl (C=O) groups is 1. The standard InChI is InChI=1S/C10H20N2O/c1-3-11-4-6-12(7-5-11)8-10(2)9-13/h9-10H,3-8H2,1-2H3. The Morgan fingerprint density at radius 3 is 2.23 bits per heavy atom. The first-order valence-electron chi connectivity index (χ1n) is 5.16. The lowest BCUT2D eigenvalue weighted by Gasteiger charge is -2.34. The molecule has 0 saturated carbocycles. The fraction of sp³-hybridized carbons (Fsp3) is 0.900. The molecule has 0 aliphatic carbocycles. The van der Waals surface area contributed by atoms with Crippen LogP contribution in [0.5, 0.6) is 0 Å². The van der Waals surface area contributed by atoms with Crippen LogP contribution >= 0.6 is 0 Å². The Morgan fingerprint density at radius 1 is 1.23 bits per heavy atom. The lowest BCUT2D eigenvalue weighted by Crippen LogP contribution is -2.47. The monoisotopic (exact) mass is 184 g/mol. The summed E-state index contributed by atoms with van der Waals surface area (Å²) in [5.74, 6) is 0.188. The van der Waals surface area contributed by atoms with Crippen molar-refractivity contribution < 1.29 is 4.79 Å². The summed E-state index contributed by atoms with van der Waals surface area (Å²) >= 11 is 0. The van der Waals surface area contributed by atoms with Crippen molar-refractivity contribution in [2.24, 2.45) is 5.92 Å². The first kappa shape index (κ1) is 10.7. The van der Waals surface area contributed by atoms with E-state index >= 15 is 0 Å². The molecule has 1 unspecified atom stereocenters. The first-order chi connectivity index (χ1) is 6.26. The summed E-state index contributed by atoms with van der Waals surface area (Å²) in [6, 6.07) is 0. The van der Waals surface area contributed by atoms with Crippen molar-refractivity contribution in [3.63, 3.8) is 0 Å². The van der Waals surface area contributed by atoms with Gasteiger partial charge in [0, 0.05) is 38.6 Å². The van der Waals surface area contributed by atoms with Crippen LogP contribution in [0.1, 0.15) is 13.8 Å². The average Bonchev–Trinajstić information content (AvgIpc) is 2.19. The van der Waals surface area contributed by atoms with E-state index in [4.69, 9.17) is 0 Å². The van der Waals surface area contributed by atoms with Crippen LogP contribution in [-0.2, 0) is 4.79 Å². The zero-order chi connectivity index (χ0) is 9.68. The number of hydrogen-bond donors (Lipinski definition) is 0. The molecule has 0 spiro atoms. The smallest absolute Gasteiger partial charge is 0.124 e. The molecule has 0 radical (unpaired) electrons. The van der Waals surface area contributed by atoms with Gasteiger partial charge in [0.2, 0.25) is 0 Å². The maximum absolute atomic E-state index is 10.5. The van der Waals surface area contributed by atoms with Crippen molar-refractivity contribution in [2.75, 3.05) is 39.3 Å². The van der Waals surface area contributed by atoms with Crippen LogP contribution < -0.4 is 0 Å². The van der Waals surface area contributed by atoms with Gasteiger partial charge in [-0.25, -0.2) is 0 Å². The highest BCUT2D eigenvalue weighted by Crippen LogP contribution is 2.03. The fourth-order valence-corrected chi connectivity index (χ4v) is 1.74. The number of piperazine rings is 1. The van der Waals surface area contributed by atoms with Crippen LogP contribution in [0.4, 0.5) is 0 Å². The SMILES string of the molecule is CCN1CCN(CC(C)C=O)CC1. The minimum absolute atomic E-state index is 0.188. The summed E-state index contributed by atoms with van der Waals surface area (Å²) in [5.41, 5.74) is 0. The van der Waals surface area contributed by atoms with Gasteiger partial charge in [0.15, 0.2) is 0 Å². The van der Waals surface area contributed by atoms with E-state index < -0.39 is 0 Å². The van der Waals surface area contributed by atoms with E-state index in [9.17, 15) is 4.79 Å². The van der Waals surface area contributed by atoms with Crippen molar-refractivity contribution in [3.05, 3.63) is 0 Å². The Kier molecular flexibility index (Phi) is 4.39. The van der Waals surface area contributed by atoms with Crippen molar-refractivity contribution >= 4 is 6.29 Å². The van der Waals surface area contributed by atoms with Gasteiger partial charge in [-0.2, -0.15) is 0 Å². The summed E-state index contributed by atoms with van der Waals surface area (Å²) in [4.78, 5) is 15.3. The molecule has 1 heterocycles. The van der Waals surface area contributed by atoms with E-state index in [1.165, 1.54) is 0 Å². The molecule has 0 aromatic heterocycles. The summed E-state index contributed by atoms with van der Waals surface area (Å²) in [6.07, 6.45) is 1.05. The van der Waals surface area contributed by atoms with Crippen molar-refractivity contribution in [1.82, 2.24) is 9.80 Å². The number of likely N-dealkylation sites (N-methyl/N-ethyl adjacent to an activating group) is 1. The van der Waals surface area contributed by atoms with E-state index in [2.05, 4.69) is 16.7 Å². The van der Waals surface area contributed by atoms with Crippen LogP contribution in [0.15, 0.2) is 0 Å². The molecular formula is C10H20N2O. The molecular weight excluding hydrogens is 164 g/mol. The van der Waals surface area contributed by atoms with Gasteiger partial charge in [0.25, 0.3) is 0 Å². The minimum atomic E-state index is 0.188. The maximum Gasteiger partial charge on any atom is 0.124 e. The molecule has 0 aromatic carbocycles. The molecule has 0 amide bonds. The fourth-order valence-electron chi connectivity index (χ4n) is 1.74. The van der Waals surface area contributed by atoms with Crippen LogP contribution in [0, 0.1) is 5.92 Å². The second-order valence-electron chi connectivity index (χ2n) is 3.85. The molecule has 13 heavy (non-hydrogen) atoms. The molecule has 3 nitrogen and oxygen atoms in total. The van der Waals surface area contributed by atoms with E-state index in [0.29, 0.717) is 0 Å². The largest absolute Gasteiger partial charge is 0.303 e. The molecule has 3 heteroatoms. The molecule has 76 valence electrons. The topological polar surface area (TPSA) is 23.6 Å². The van der Waals surface area contributed by atoms with Crippen LogP contribution in [0.25, 0.3) is 0 Å².